The molecule has 0 spiro atoms. The Morgan fingerprint density at radius 3 is 2.65 bits per heavy atom. The number of hydrogen-bond donors (Lipinski definition) is 0. The van der Waals surface area contributed by atoms with Crippen molar-refractivity contribution in [2.75, 3.05) is 6.54 Å². The SMILES string of the molecule is CCCN1C(=O)S/C(=C/c2cccn2-c2ccccc2C)C1=O. The molecule has 23 heavy (non-hydrogen) atoms. The van der Waals surface area contributed by atoms with Gasteiger partial charge >= 0.3 is 0 Å². The molecule has 1 aromatic carbocycles. The van der Waals surface area contributed by atoms with Crippen LogP contribution in [0.1, 0.15) is 24.6 Å². The van der Waals surface area contributed by atoms with Gasteiger partial charge in [-0.3, -0.25) is 14.5 Å². The predicted molar refractivity (Wildman–Crippen MR) is 93.5 cm³/mol. The van der Waals surface area contributed by atoms with Crippen LogP contribution in [0.3, 0.4) is 0 Å². The minimum atomic E-state index is -0.195. The molecule has 4 nitrogen and oxygen atoms in total. The number of imide groups is 1. The predicted octanol–water partition coefficient (Wildman–Crippen LogP) is 4.23. The number of benzene rings is 1. The van der Waals surface area contributed by atoms with E-state index in [0.29, 0.717) is 11.4 Å². The van der Waals surface area contributed by atoms with Crippen LogP contribution in [0.25, 0.3) is 11.8 Å². The lowest BCUT2D eigenvalue weighted by Gasteiger charge is -2.11. The standard InChI is InChI=1S/C18H18N2O2S/c1-3-10-20-17(21)16(23-18(20)22)12-14-8-6-11-19(14)15-9-5-4-7-13(15)2/h4-9,11-12H,3,10H2,1-2H3/b16-12+. The number of nitrogens with zero attached hydrogens (tertiary/aromatic N) is 2. The third-order valence-corrected chi connectivity index (χ3v) is 4.66. The molecule has 0 bridgehead atoms. The highest BCUT2D eigenvalue weighted by Gasteiger charge is 2.34. The number of aromatic nitrogens is 1. The molecule has 0 N–H and O–H groups in total. The summed E-state index contributed by atoms with van der Waals surface area (Å²) in [6.07, 6.45) is 4.53. The second kappa shape index (κ2) is 6.46. The number of carbonyl (C=O) groups excluding carboxylic acids is 2. The van der Waals surface area contributed by atoms with Gasteiger partial charge in [0.05, 0.1) is 4.91 Å². The summed E-state index contributed by atoms with van der Waals surface area (Å²) in [4.78, 5) is 26.1. The second-order valence-corrected chi connectivity index (χ2v) is 6.42. The van der Waals surface area contributed by atoms with Crippen LogP contribution in [0.15, 0.2) is 47.5 Å². The van der Waals surface area contributed by atoms with E-state index in [0.717, 1.165) is 35.1 Å². The third kappa shape index (κ3) is 2.97. The summed E-state index contributed by atoms with van der Waals surface area (Å²) < 4.78 is 2.03. The smallest absolute Gasteiger partial charge is 0.293 e. The van der Waals surface area contributed by atoms with Gasteiger partial charge in [0.25, 0.3) is 11.1 Å². The zero-order chi connectivity index (χ0) is 16.4. The van der Waals surface area contributed by atoms with Gasteiger partial charge in [0.1, 0.15) is 0 Å². The summed E-state index contributed by atoms with van der Waals surface area (Å²) in [7, 11) is 0. The molecular formula is C18H18N2O2S. The fourth-order valence-electron chi connectivity index (χ4n) is 2.62. The monoisotopic (exact) mass is 326 g/mol. The summed E-state index contributed by atoms with van der Waals surface area (Å²) in [5.74, 6) is -0.195. The van der Waals surface area contributed by atoms with Crippen LogP contribution >= 0.6 is 11.8 Å². The first-order valence-corrected chi connectivity index (χ1v) is 8.42. The lowest BCUT2D eigenvalue weighted by Crippen LogP contribution is -2.28. The van der Waals surface area contributed by atoms with Crippen molar-refractivity contribution in [3.63, 3.8) is 0 Å². The topological polar surface area (TPSA) is 42.3 Å². The minimum Gasteiger partial charge on any atom is -0.317 e. The van der Waals surface area contributed by atoms with E-state index < -0.39 is 0 Å². The van der Waals surface area contributed by atoms with Crippen LogP contribution in [0, 0.1) is 6.92 Å². The number of aryl methyl sites for hydroxylation is 1. The molecule has 1 fully saturated rings. The van der Waals surface area contributed by atoms with Crippen molar-refractivity contribution in [1.82, 2.24) is 9.47 Å². The first-order chi connectivity index (χ1) is 11.1. The van der Waals surface area contributed by atoms with Crippen molar-refractivity contribution in [3.05, 3.63) is 58.8 Å². The number of rotatable bonds is 4. The first kappa shape index (κ1) is 15.6. The molecule has 3 rings (SSSR count). The Morgan fingerprint density at radius 1 is 1.13 bits per heavy atom. The number of para-hydroxylation sites is 1. The molecule has 0 atom stereocenters. The Morgan fingerprint density at radius 2 is 1.91 bits per heavy atom. The van der Waals surface area contributed by atoms with Gasteiger partial charge in [0.2, 0.25) is 0 Å². The molecule has 2 amide bonds. The molecule has 0 aliphatic carbocycles. The van der Waals surface area contributed by atoms with Gasteiger partial charge in [0.15, 0.2) is 0 Å². The summed E-state index contributed by atoms with van der Waals surface area (Å²) in [6, 6.07) is 12.0. The number of amides is 2. The Balaban J connectivity index is 1.96. The summed E-state index contributed by atoms with van der Waals surface area (Å²) in [5, 5.41) is -0.183. The Hall–Kier alpha value is -2.27. The molecule has 0 saturated carbocycles. The average Bonchev–Trinajstić information content (AvgIpc) is 3.09. The highest BCUT2D eigenvalue weighted by molar-refractivity contribution is 8.18. The quantitative estimate of drug-likeness (QED) is 0.790. The molecule has 1 saturated heterocycles. The summed E-state index contributed by atoms with van der Waals surface area (Å²) in [6.45, 7) is 4.48. The molecule has 2 heterocycles. The van der Waals surface area contributed by atoms with E-state index in [4.69, 9.17) is 0 Å². The van der Waals surface area contributed by atoms with Gasteiger partial charge in [0, 0.05) is 24.1 Å². The van der Waals surface area contributed by atoms with Crippen LogP contribution in [-0.4, -0.2) is 27.2 Å². The van der Waals surface area contributed by atoms with Gasteiger partial charge in [-0.2, -0.15) is 0 Å². The van der Waals surface area contributed by atoms with Crippen LogP contribution in [0.2, 0.25) is 0 Å². The van der Waals surface area contributed by atoms with Crippen molar-refractivity contribution >= 4 is 29.0 Å². The third-order valence-electron chi connectivity index (χ3n) is 3.76. The maximum absolute atomic E-state index is 12.4. The Bertz CT molecular complexity index is 792. The van der Waals surface area contributed by atoms with Crippen LogP contribution in [0.4, 0.5) is 4.79 Å². The zero-order valence-electron chi connectivity index (χ0n) is 13.2. The molecule has 5 heteroatoms. The van der Waals surface area contributed by atoms with E-state index in [1.54, 1.807) is 6.08 Å². The second-order valence-electron chi connectivity index (χ2n) is 5.42. The minimum absolute atomic E-state index is 0.183. The fourth-order valence-corrected chi connectivity index (χ4v) is 3.47. The van der Waals surface area contributed by atoms with Gasteiger partial charge in [-0.25, -0.2) is 0 Å². The van der Waals surface area contributed by atoms with Crippen LogP contribution in [0.5, 0.6) is 0 Å². The van der Waals surface area contributed by atoms with Gasteiger partial charge in [-0.1, -0.05) is 25.1 Å². The van der Waals surface area contributed by atoms with Gasteiger partial charge in [-0.05, 0) is 54.9 Å². The number of hydrogen-bond acceptors (Lipinski definition) is 3. The molecule has 118 valence electrons. The Kier molecular flexibility index (Phi) is 4.39. The maximum atomic E-state index is 12.4. The summed E-state index contributed by atoms with van der Waals surface area (Å²) >= 11 is 1.01. The van der Waals surface area contributed by atoms with Crippen LogP contribution < -0.4 is 0 Å². The summed E-state index contributed by atoms with van der Waals surface area (Å²) in [5.41, 5.74) is 3.11. The van der Waals surface area contributed by atoms with E-state index in [1.165, 1.54) is 4.90 Å². The van der Waals surface area contributed by atoms with E-state index in [-0.39, 0.29) is 11.1 Å². The number of thioether (sulfide) groups is 1. The molecule has 0 unspecified atom stereocenters. The van der Waals surface area contributed by atoms with E-state index in [2.05, 4.69) is 0 Å². The molecule has 2 aromatic rings. The van der Waals surface area contributed by atoms with E-state index in [1.807, 2.05) is 61.0 Å². The Labute approximate surface area is 139 Å². The molecule has 1 aliphatic rings. The fraction of sp³-hybridized carbons (Fsp3) is 0.222. The normalized spacial score (nSPS) is 16.6. The van der Waals surface area contributed by atoms with E-state index in [9.17, 15) is 9.59 Å². The van der Waals surface area contributed by atoms with E-state index >= 15 is 0 Å². The molecule has 1 aromatic heterocycles. The highest BCUT2D eigenvalue weighted by Crippen LogP contribution is 2.32. The zero-order valence-corrected chi connectivity index (χ0v) is 14.0. The lowest BCUT2D eigenvalue weighted by atomic mass is 10.2. The average molecular weight is 326 g/mol. The lowest BCUT2D eigenvalue weighted by molar-refractivity contribution is -0.122. The number of carbonyl (C=O) groups is 2. The van der Waals surface area contributed by atoms with Crippen molar-refractivity contribution in [2.24, 2.45) is 0 Å². The van der Waals surface area contributed by atoms with Crippen molar-refractivity contribution in [2.45, 2.75) is 20.3 Å². The first-order valence-electron chi connectivity index (χ1n) is 7.60. The van der Waals surface area contributed by atoms with Crippen molar-refractivity contribution in [1.29, 1.82) is 0 Å². The molecular weight excluding hydrogens is 308 g/mol. The highest BCUT2D eigenvalue weighted by atomic mass is 32.2. The van der Waals surface area contributed by atoms with Crippen molar-refractivity contribution < 1.29 is 9.59 Å². The maximum Gasteiger partial charge on any atom is 0.293 e. The van der Waals surface area contributed by atoms with Gasteiger partial charge in [-0.15, -0.1) is 0 Å². The molecule has 0 radical (unpaired) electrons. The van der Waals surface area contributed by atoms with Gasteiger partial charge < -0.3 is 4.57 Å². The van der Waals surface area contributed by atoms with Crippen molar-refractivity contribution in [3.8, 4) is 5.69 Å². The van der Waals surface area contributed by atoms with Crippen LogP contribution in [-0.2, 0) is 4.79 Å². The largest absolute Gasteiger partial charge is 0.317 e. The molecule has 1 aliphatic heterocycles.